The van der Waals surface area contributed by atoms with Gasteiger partial charge in [0.2, 0.25) is 11.2 Å². The van der Waals surface area contributed by atoms with E-state index < -0.39 is 29.7 Å². The van der Waals surface area contributed by atoms with Gasteiger partial charge in [0.15, 0.2) is 5.76 Å². The summed E-state index contributed by atoms with van der Waals surface area (Å²) in [4.78, 5) is 24.2. The van der Waals surface area contributed by atoms with Crippen molar-refractivity contribution < 1.29 is 33.6 Å². The zero-order chi connectivity index (χ0) is 20.0. The SMILES string of the molecule is CCOC(=O)C[C@H](c1ccc(OC)cc1OC)c1oc(CO)cc(=O)c1O. The molecule has 8 heteroatoms. The van der Waals surface area contributed by atoms with Gasteiger partial charge < -0.3 is 28.8 Å². The number of esters is 1. The Kier molecular flexibility index (Phi) is 6.84. The summed E-state index contributed by atoms with van der Waals surface area (Å²) in [7, 11) is 2.94. The fourth-order valence-electron chi connectivity index (χ4n) is 2.71. The number of carbonyl (C=O) groups excluding carboxylic acids is 1. The van der Waals surface area contributed by atoms with Crippen molar-refractivity contribution in [2.45, 2.75) is 25.9 Å². The van der Waals surface area contributed by atoms with E-state index in [1.807, 2.05) is 0 Å². The number of aliphatic hydroxyl groups is 1. The Morgan fingerprint density at radius 2 is 1.96 bits per heavy atom. The van der Waals surface area contributed by atoms with Gasteiger partial charge in [-0.3, -0.25) is 9.59 Å². The number of benzene rings is 1. The van der Waals surface area contributed by atoms with Crippen LogP contribution in [-0.2, 0) is 16.1 Å². The van der Waals surface area contributed by atoms with E-state index >= 15 is 0 Å². The topological polar surface area (TPSA) is 115 Å². The lowest BCUT2D eigenvalue weighted by Gasteiger charge is -2.20. The van der Waals surface area contributed by atoms with Crippen LogP contribution in [0.25, 0.3) is 0 Å². The Bertz CT molecular complexity index is 855. The largest absolute Gasteiger partial charge is 0.502 e. The van der Waals surface area contributed by atoms with Crippen LogP contribution in [0.15, 0.2) is 33.5 Å². The maximum absolute atomic E-state index is 12.1. The summed E-state index contributed by atoms with van der Waals surface area (Å²) in [6.45, 7) is 1.32. The van der Waals surface area contributed by atoms with Crippen LogP contribution in [0.2, 0.25) is 0 Å². The van der Waals surface area contributed by atoms with Crippen molar-refractivity contribution in [1.82, 2.24) is 0 Å². The number of methoxy groups -OCH3 is 2. The smallest absolute Gasteiger partial charge is 0.306 e. The van der Waals surface area contributed by atoms with E-state index in [-0.39, 0.29) is 24.5 Å². The molecule has 0 amide bonds. The van der Waals surface area contributed by atoms with Gasteiger partial charge >= 0.3 is 5.97 Å². The van der Waals surface area contributed by atoms with Gasteiger partial charge in [-0.25, -0.2) is 0 Å². The second kappa shape index (κ2) is 9.09. The van der Waals surface area contributed by atoms with Gasteiger partial charge in [-0.1, -0.05) is 6.07 Å². The molecular formula is C19H22O8. The Hall–Kier alpha value is -3.00. The first-order valence-electron chi connectivity index (χ1n) is 8.29. The second-order valence-electron chi connectivity index (χ2n) is 5.62. The van der Waals surface area contributed by atoms with E-state index in [0.717, 1.165) is 6.07 Å². The minimum atomic E-state index is -0.871. The molecule has 0 aliphatic carbocycles. The molecule has 1 atom stereocenters. The molecule has 1 aromatic carbocycles. The van der Waals surface area contributed by atoms with Gasteiger partial charge in [-0.15, -0.1) is 0 Å². The molecule has 0 unspecified atom stereocenters. The molecule has 0 aliphatic heterocycles. The molecule has 2 aromatic rings. The van der Waals surface area contributed by atoms with Crippen LogP contribution in [-0.4, -0.2) is 37.0 Å². The predicted molar refractivity (Wildman–Crippen MR) is 95.2 cm³/mol. The maximum atomic E-state index is 12.1. The van der Waals surface area contributed by atoms with Crippen molar-refractivity contribution in [3.05, 3.63) is 51.6 Å². The highest BCUT2D eigenvalue weighted by Gasteiger charge is 2.29. The highest BCUT2D eigenvalue weighted by Crippen LogP contribution is 2.39. The molecule has 2 N–H and O–H groups in total. The fourth-order valence-corrected chi connectivity index (χ4v) is 2.71. The number of carbonyl (C=O) groups is 1. The summed E-state index contributed by atoms with van der Waals surface area (Å²) < 4.78 is 21.0. The van der Waals surface area contributed by atoms with E-state index in [0.29, 0.717) is 17.1 Å². The average Bonchev–Trinajstić information content (AvgIpc) is 2.68. The van der Waals surface area contributed by atoms with Crippen molar-refractivity contribution in [2.75, 3.05) is 20.8 Å². The Labute approximate surface area is 155 Å². The summed E-state index contributed by atoms with van der Waals surface area (Å²) in [5, 5.41) is 19.6. The zero-order valence-electron chi connectivity index (χ0n) is 15.4. The van der Waals surface area contributed by atoms with E-state index in [9.17, 15) is 19.8 Å². The predicted octanol–water partition coefficient (Wildman–Crippen LogP) is 1.94. The summed E-state index contributed by atoms with van der Waals surface area (Å²) >= 11 is 0. The lowest BCUT2D eigenvalue weighted by molar-refractivity contribution is -0.143. The number of aliphatic hydroxyl groups excluding tert-OH is 1. The number of rotatable bonds is 8. The van der Waals surface area contributed by atoms with Crippen molar-refractivity contribution in [3.63, 3.8) is 0 Å². The van der Waals surface area contributed by atoms with E-state index in [1.165, 1.54) is 14.2 Å². The van der Waals surface area contributed by atoms with Crippen LogP contribution in [0.1, 0.15) is 36.3 Å². The molecule has 0 saturated heterocycles. The van der Waals surface area contributed by atoms with E-state index in [2.05, 4.69) is 0 Å². The maximum Gasteiger partial charge on any atom is 0.306 e. The van der Waals surface area contributed by atoms with Crippen LogP contribution >= 0.6 is 0 Å². The normalized spacial score (nSPS) is 11.7. The third-order valence-electron chi connectivity index (χ3n) is 3.96. The van der Waals surface area contributed by atoms with Gasteiger partial charge in [0.05, 0.1) is 33.2 Å². The van der Waals surface area contributed by atoms with Crippen LogP contribution in [0.3, 0.4) is 0 Å². The van der Waals surface area contributed by atoms with E-state index in [4.69, 9.17) is 18.6 Å². The molecule has 0 spiro atoms. The van der Waals surface area contributed by atoms with Gasteiger partial charge in [0.1, 0.15) is 23.9 Å². The molecule has 8 nitrogen and oxygen atoms in total. The molecular weight excluding hydrogens is 356 g/mol. The lowest BCUT2D eigenvalue weighted by Crippen LogP contribution is -2.15. The first-order valence-corrected chi connectivity index (χ1v) is 8.29. The van der Waals surface area contributed by atoms with Crippen LogP contribution in [0.4, 0.5) is 0 Å². The number of hydrogen-bond acceptors (Lipinski definition) is 8. The van der Waals surface area contributed by atoms with Crippen molar-refractivity contribution in [3.8, 4) is 17.2 Å². The molecule has 0 radical (unpaired) electrons. The molecule has 0 bridgehead atoms. The Balaban J connectivity index is 2.65. The van der Waals surface area contributed by atoms with Crippen molar-refractivity contribution in [2.24, 2.45) is 0 Å². The average molecular weight is 378 g/mol. The van der Waals surface area contributed by atoms with Crippen LogP contribution < -0.4 is 14.9 Å². The fraction of sp³-hybridized carbons (Fsp3) is 0.368. The first kappa shape index (κ1) is 20.3. The summed E-state index contributed by atoms with van der Waals surface area (Å²) in [6.07, 6.45) is -0.206. The summed E-state index contributed by atoms with van der Waals surface area (Å²) in [5.74, 6) is -1.34. The third-order valence-corrected chi connectivity index (χ3v) is 3.96. The quantitative estimate of drug-likeness (QED) is 0.670. The standard InChI is InChI=1S/C19H22O8/c1-4-26-17(22)9-14(13-6-5-11(24-2)8-16(13)25-3)19-18(23)15(21)7-12(10-20)27-19/h5-8,14,20,23H,4,9-10H2,1-3H3/t14-/m1/s1. The molecule has 0 fully saturated rings. The van der Waals surface area contributed by atoms with Gasteiger partial charge in [-0.05, 0) is 13.0 Å². The van der Waals surface area contributed by atoms with Gasteiger partial charge in [0, 0.05) is 17.7 Å². The van der Waals surface area contributed by atoms with Gasteiger partial charge in [-0.2, -0.15) is 0 Å². The molecule has 146 valence electrons. The van der Waals surface area contributed by atoms with E-state index in [1.54, 1.807) is 25.1 Å². The number of hydrogen-bond donors (Lipinski definition) is 2. The molecule has 1 heterocycles. The zero-order valence-corrected chi connectivity index (χ0v) is 15.4. The second-order valence-corrected chi connectivity index (χ2v) is 5.62. The lowest BCUT2D eigenvalue weighted by atomic mass is 9.91. The Morgan fingerprint density at radius 3 is 2.56 bits per heavy atom. The minimum absolute atomic E-state index is 0.0332. The van der Waals surface area contributed by atoms with Crippen LogP contribution in [0.5, 0.6) is 17.2 Å². The highest BCUT2D eigenvalue weighted by atomic mass is 16.5. The number of aromatic hydroxyl groups is 1. The van der Waals surface area contributed by atoms with Crippen molar-refractivity contribution >= 4 is 5.97 Å². The Morgan fingerprint density at radius 1 is 1.22 bits per heavy atom. The molecule has 1 aromatic heterocycles. The van der Waals surface area contributed by atoms with Crippen LogP contribution in [0, 0.1) is 0 Å². The van der Waals surface area contributed by atoms with Crippen molar-refractivity contribution in [1.29, 1.82) is 0 Å². The first-order chi connectivity index (χ1) is 12.9. The third kappa shape index (κ3) is 4.59. The molecule has 0 aliphatic rings. The highest BCUT2D eigenvalue weighted by molar-refractivity contribution is 5.72. The summed E-state index contributed by atoms with van der Waals surface area (Å²) in [5.41, 5.74) is -0.235. The summed E-state index contributed by atoms with van der Waals surface area (Å²) in [6, 6.07) is 5.90. The van der Waals surface area contributed by atoms with Gasteiger partial charge in [0.25, 0.3) is 0 Å². The monoisotopic (exact) mass is 378 g/mol. The number of ether oxygens (including phenoxy) is 3. The molecule has 0 saturated carbocycles. The molecule has 2 rings (SSSR count). The molecule has 27 heavy (non-hydrogen) atoms. The minimum Gasteiger partial charge on any atom is -0.502 e.